The highest BCUT2D eigenvalue weighted by atomic mass is 15.3. The van der Waals surface area contributed by atoms with Crippen LogP contribution in [0.1, 0.15) is 25.6 Å². The number of nitrogen functional groups attached to an aromatic ring is 1. The summed E-state index contributed by atoms with van der Waals surface area (Å²) in [4.78, 5) is 12.4. The monoisotopic (exact) mass is 387 g/mol. The molecule has 0 amide bonds. The number of aromatic nitrogens is 7. The smallest absolute Gasteiger partial charge is 0.231 e. The SMILES string of the molecule is Cc1[nH]ncc1Nc1nc(N)c2c(-c3ccc4[nH]ccc4c3)nn(C(C)C)c2n1. The van der Waals surface area contributed by atoms with Crippen LogP contribution in [-0.4, -0.2) is 34.9 Å². The molecule has 4 heterocycles. The summed E-state index contributed by atoms with van der Waals surface area (Å²) in [7, 11) is 0. The fourth-order valence-electron chi connectivity index (χ4n) is 3.48. The Hall–Kier alpha value is -3.88. The second kappa shape index (κ2) is 6.33. The second-order valence-corrected chi connectivity index (χ2v) is 7.33. The van der Waals surface area contributed by atoms with E-state index in [2.05, 4.69) is 45.4 Å². The quantitative estimate of drug-likeness (QED) is 0.370. The Morgan fingerprint density at radius 1 is 1.17 bits per heavy atom. The minimum absolute atomic E-state index is 0.111. The molecule has 0 aliphatic rings. The predicted molar refractivity (Wildman–Crippen MR) is 114 cm³/mol. The maximum atomic E-state index is 6.39. The highest BCUT2D eigenvalue weighted by molar-refractivity contribution is 6.00. The van der Waals surface area contributed by atoms with Gasteiger partial charge in [0.05, 0.1) is 23.0 Å². The fraction of sp³-hybridized carbons (Fsp3) is 0.200. The van der Waals surface area contributed by atoms with Gasteiger partial charge in [-0.1, -0.05) is 6.07 Å². The first kappa shape index (κ1) is 17.2. The molecular formula is C20H21N9. The lowest BCUT2D eigenvalue weighted by Crippen LogP contribution is -2.06. The van der Waals surface area contributed by atoms with Crippen molar-refractivity contribution in [3.05, 3.63) is 42.4 Å². The molecule has 5 N–H and O–H groups in total. The van der Waals surface area contributed by atoms with Crippen molar-refractivity contribution in [3.63, 3.8) is 0 Å². The number of aryl methyl sites for hydroxylation is 1. The van der Waals surface area contributed by atoms with Gasteiger partial charge < -0.3 is 16.0 Å². The van der Waals surface area contributed by atoms with Crippen LogP contribution in [0.2, 0.25) is 0 Å². The van der Waals surface area contributed by atoms with E-state index in [9.17, 15) is 0 Å². The normalized spacial score (nSPS) is 11.7. The molecule has 0 fully saturated rings. The van der Waals surface area contributed by atoms with E-state index in [0.717, 1.165) is 38.9 Å². The predicted octanol–water partition coefficient (Wildman–Crippen LogP) is 3.91. The molecule has 0 unspecified atom stereocenters. The molecule has 4 aromatic heterocycles. The molecule has 0 bridgehead atoms. The molecule has 0 atom stereocenters. The van der Waals surface area contributed by atoms with Crippen LogP contribution in [0.5, 0.6) is 0 Å². The molecule has 0 radical (unpaired) electrons. The maximum Gasteiger partial charge on any atom is 0.231 e. The summed E-state index contributed by atoms with van der Waals surface area (Å²) in [5, 5.41) is 16.8. The van der Waals surface area contributed by atoms with Gasteiger partial charge in [-0.25, -0.2) is 4.68 Å². The molecular weight excluding hydrogens is 366 g/mol. The summed E-state index contributed by atoms with van der Waals surface area (Å²) < 4.78 is 1.89. The number of fused-ring (bicyclic) bond motifs is 2. The molecule has 0 saturated heterocycles. The highest BCUT2D eigenvalue weighted by Crippen LogP contribution is 2.34. The first-order chi connectivity index (χ1) is 14.0. The van der Waals surface area contributed by atoms with Gasteiger partial charge in [-0.2, -0.15) is 20.2 Å². The molecule has 5 rings (SSSR count). The minimum Gasteiger partial charge on any atom is -0.383 e. The van der Waals surface area contributed by atoms with Crippen LogP contribution in [0.25, 0.3) is 33.2 Å². The number of hydrogen-bond donors (Lipinski definition) is 4. The lowest BCUT2D eigenvalue weighted by Gasteiger charge is -2.08. The summed E-state index contributed by atoms with van der Waals surface area (Å²) in [6.45, 7) is 6.05. The number of nitrogens with two attached hydrogens (primary N) is 1. The van der Waals surface area contributed by atoms with Crippen molar-refractivity contribution in [2.24, 2.45) is 0 Å². The summed E-state index contributed by atoms with van der Waals surface area (Å²) in [6.07, 6.45) is 3.61. The number of hydrogen-bond acceptors (Lipinski definition) is 6. The van der Waals surface area contributed by atoms with Gasteiger partial charge in [0.25, 0.3) is 0 Å². The van der Waals surface area contributed by atoms with Crippen molar-refractivity contribution in [3.8, 4) is 11.3 Å². The maximum absolute atomic E-state index is 6.39. The zero-order valence-electron chi connectivity index (χ0n) is 16.4. The van der Waals surface area contributed by atoms with Gasteiger partial charge >= 0.3 is 0 Å². The topological polar surface area (TPSA) is 126 Å². The van der Waals surface area contributed by atoms with Crippen molar-refractivity contribution in [1.82, 2.24) is 34.9 Å². The van der Waals surface area contributed by atoms with E-state index >= 15 is 0 Å². The van der Waals surface area contributed by atoms with Crippen LogP contribution >= 0.6 is 0 Å². The van der Waals surface area contributed by atoms with Crippen LogP contribution < -0.4 is 11.1 Å². The van der Waals surface area contributed by atoms with Crippen molar-refractivity contribution in [1.29, 1.82) is 0 Å². The third kappa shape index (κ3) is 2.78. The Bertz CT molecular complexity index is 1340. The number of rotatable bonds is 4. The van der Waals surface area contributed by atoms with Crippen LogP contribution in [0.4, 0.5) is 17.5 Å². The molecule has 9 heteroatoms. The first-order valence-electron chi connectivity index (χ1n) is 9.41. The van der Waals surface area contributed by atoms with E-state index in [1.54, 1.807) is 6.20 Å². The lowest BCUT2D eigenvalue weighted by molar-refractivity contribution is 0.548. The second-order valence-electron chi connectivity index (χ2n) is 7.33. The van der Waals surface area contributed by atoms with E-state index in [-0.39, 0.29) is 6.04 Å². The Morgan fingerprint density at radius 3 is 2.79 bits per heavy atom. The number of H-pyrrole nitrogens is 2. The average molecular weight is 387 g/mol. The van der Waals surface area contributed by atoms with E-state index in [1.165, 1.54) is 0 Å². The van der Waals surface area contributed by atoms with E-state index in [1.807, 2.05) is 36.0 Å². The third-order valence-electron chi connectivity index (χ3n) is 4.97. The molecule has 0 saturated carbocycles. The van der Waals surface area contributed by atoms with Gasteiger partial charge in [0, 0.05) is 28.7 Å². The number of nitrogens with zero attached hydrogens (tertiary/aromatic N) is 5. The molecule has 29 heavy (non-hydrogen) atoms. The standard InChI is InChI=1S/C20H21N9/c1-10(2)29-19-16(17(28-29)13-4-5-14-12(8-13)6-7-22-14)18(21)25-20(26-19)24-15-9-23-27-11(15)3/h4-10,22H,1-3H3,(H,23,27)(H3,21,24,25,26). The van der Waals surface area contributed by atoms with Crippen LogP contribution in [-0.2, 0) is 0 Å². The Balaban J connectivity index is 1.70. The highest BCUT2D eigenvalue weighted by Gasteiger charge is 2.20. The van der Waals surface area contributed by atoms with E-state index < -0.39 is 0 Å². The number of aromatic amines is 2. The fourth-order valence-corrected chi connectivity index (χ4v) is 3.48. The van der Waals surface area contributed by atoms with Gasteiger partial charge in [-0.15, -0.1) is 0 Å². The summed E-state index contributed by atoms with van der Waals surface area (Å²) >= 11 is 0. The number of benzene rings is 1. The van der Waals surface area contributed by atoms with Crippen molar-refractivity contribution >= 4 is 39.4 Å². The van der Waals surface area contributed by atoms with Gasteiger partial charge in [0.15, 0.2) is 5.65 Å². The number of anilines is 3. The molecule has 0 aliphatic carbocycles. The Kier molecular flexibility index (Phi) is 3.76. The molecule has 146 valence electrons. The van der Waals surface area contributed by atoms with Crippen molar-refractivity contribution < 1.29 is 0 Å². The summed E-state index contributed by atoms with van der Waals surface area (Å²) in [5.41, 5.74) is 11.6. The van der Waals surface area contributed by atoms with Crippen LogP contribution in [0.3, 0.4) is 0 Å². The molecule has 1 aromatic carbocycles. The minimum atomic E-state index is 0.111. The van der Waals surface area contributed by atoms with E-state index in [4.69, 9.17) is 15.8 Å². The lowest BCUT2D eigenvalue weighted by atomic mass is 10.1. The molecule has 5 aromatic rings. The van der Waals surface area contributed by atoms with E-state index in [0.29, 0.717) is 17.4 Å². The Morgan fingerprint density at radius 2 is 2.03 bits per heavy atom. The van der Waals surface area contributed by atoms with Gasteiger partial charge in [-0.3, -0.25) is 5.10 Å². The summed E-state index contributed by atoms with van der Waals surface area (Å²) in [5.74, 6) is 0.795. The van der Waals surface area contributed by atoms with Crippen LogP contribution in [0, 0.1) is 6.92 Å². The molecule has 0 spiro atoms. The van der Waals surface area contributed by atoms with Gasteiger partial charge in [0.1, 0.15) is 11.5 Å². The van der Waals surface area contributed by atoms with Crippen molar-refractivity contribution in [2.45, 2.75) is 26.8 Å². The molecule has 9 nitrogen and oxygen atoms in total. The zero-order chi connectivity index (χ0) is 20.1. The van der Waals surface area contributed by atoms with Gasteiger partial charge in [-0.05, 0) is 39.0 Å². The first-order valence-corrected chi connectivity index (χ1v) is 9.41. The average Bonchev–Trinajstić information content (AvgIpc) is 3.40. The third-order valence-corrected chi connectivity index (χ3v) is 4.97. The Labute approximate surface area is 166 Å². The number of nitrogens with one attached hydrogen (secondary N) is 3. The largest absolute Gasteiger partial charge is 0.383 e. The molecule has 0 aliphatic heterocycles. The van der Waals surface area contributed by atoms with Crippen LogP contribution in [0.15, 0.2) is 36.7 Å². The zero-order valence-corrected chi connectivity index (χ0v) is 16.4. The summed E-state index contributed by atoms with van der Waals surface area (Å²) in [6, 6.07) is 8.32. The van der Waals surface area contributed by atoms with Gasteiger partial charge in [0.2, 0.25) is 5.95 Å². The van der Waals surface area contributed by atoms with Crippen molar-refractivity contribution in [2.75, 3.05) is 11.1 Å².